The number of amides is 1. The van der Waals surface area contributed by atoms with Crippen LogP contribution in [0.3, 0.4) is 0 Å². The molecule has 1 atom stereocenters. The van der Waals surface area contributed by atoms with E-state index in [1.807, 2.05) is 69.5 Å². The molecule has 0 aliphatic carbocycles. The van der Waals surface area contributed by atoms with Gasteiger partial charge in [0.15, 0.2) is 0 Å². The van der Waals surface area contributed by atoms with Gasteiger partial charge >= 0.3 is 5.97 Å². The summed E-state index contributed by atoms with van der Waals surface area (Å²) in [4.78, 5) is 31.8. The fraction of sp³-hybridized carbons (Fsp3) is 0.441. The Kier molecular flexibility index (Phi) is 12.3. The van der Waals surface area contributed by atoms with Crippen LogP contribution in [0.5, 0.6) is 5.75 Å². The lowest BCUT2D eigenvalue weighted by Gasteiger charge is -2.34. The summed E-state index contributed by atoms with van der Waals surface area (Å²) in [5, 5.41) is 11.7. The number of carboxylic acid groups (broad SMARTS) is 1. The Bertz CT molecular complexity index is 1390. The van der Waals surface area contributed by atoms with Crippen molar-refractivity contribution in [2.75, 3.05) is 6.61 Å². The molecule has 2 aromatic heterocycles. The zero-order chi connectivity index (χ0) is 31.6. The Morgan fingerprint density at radius 3 is 2.63 bits per heavy atom. The van der Waals surface area contributed by atoms with E-state index in [1.165, 1.54) is 22.3 Å². The van der Waals surface area contributed by atoms with E-state index in [2.05, 4.69) is 24.9 Å². The van der Waals surface area contributed by atoms with Gasteiger partial charge in [0.05, 0.1) is 12.3 Å². The number of fused-ring (bicyclic) bond motifs is 1. The predicted molar refractivity (Wildman–Crippen MR) is 173 cm³/mol. The predicted octanol–water partition coefficient (Wildman–Crippen LogP) is 6.91. The molecule has 1 aromatic carbocycles. The lowest BCUT2D eigenvalue weighted by molar-refractivity contribution is -0.149. The number of carboxylic acids is 1. The third-order valence-corrected chi connectivity index (χ3v) is 7.33. The van der Waals surface area contributed by atoms with Crippen molar-refractivity contribution in [2.45, 2.75) is 85.4 Å². The van der Waals surface area contributed by atoms with Gasteiger partial charge in [0, 0.05) is 35.9 Å². The molecule has 8 nitrogen and oxygen atoms in total. The molecule has 0 radical (unpaired) electrons. The summed E-state index contributed by atoms with van der Waals surface area (Å²) >= 11 is 1.52. The molecule has 0 unspecified atom stereocenters. The summed E-state index contributed by atoms with van der Waals surface area (Å²) in [6.07, 6.45) is 10.2. The van der Waals surface area contributed by atoms with Gasteiger partial charge in [0.2, 0.25) is 11.8 Å². The summed E-state index contributed by atoms with van der Waals surface area (Å²) in [5.74, 6) is 1.41. The van der Waals surface area contributed by atoms with E-state index >= 15 is 0 Å². The highest BCUT2D eigenvalue weighted by Crippen LogP contribution is 2.28. The number of rotatable bonds is 11. The second-order valence-corrected chi connectivity index (χ2v) is 13.2. The van der Waals surface area contributed by atoms with Crippen LogP contribution >= 0.6 is 11.3 Å². The average molecular weight is 608 g/mol. The number of carbonyl (C=O) groups is 2. The first-order valence-electron chi connectivity index (χ1n) is 14.7. The van der Waals surface area contributed by atoms with Crippen LogP contribution in [0.4, 0.5) is 0 Å². The van der Waals surface area contributed by atoms with E-state index in [0.29, 0.717) is 30.6 Å². The molecule has 3 heterocycles. The summed E-state index contributed by atoms with van der Waals surface area (Å²) in [6, 6.07) is 8.55. The molecule has 0 saturated heterocycles. The lowest BCUT2D eigenvalue weighted by Crippen LogP contribution is -2.48. The number of aliphatic carboxylic acids is 1. The Morgan fingerprint density at radius 2 is 1.98 bits per heavy atom. The number of thiophene rings is 1. The third kappa shape index (κ3) is 11.5. The van der Waals surface area contributed by atoms with E-state index in [-0.39, 0.29) is 24.4 Å². The smallest absolute Gasteiger partial charge is 0.326 e. The van der Waals surface area contributed by atoms with Crippen molar-refractivity contribution < 1.29 is 23.8 Å². The zero-order valence-corrected chi connectivity index (χ0v) is 26.9. The van der Waals surface area contributed by atoms with Crippen molar-refractivity contribution >= 4 is 35.4 Å². The highest BCUT2D eigenvalue weighted by Gasteiger charge is 2.34. The van der Waals surface area contributed by atoms with Crippen LogP contribution in [0.25, 0.3) is 12.2 Å². The molecule has 0 spiro atoms. The van der Waals surface area contributed by atoms with E-state index in [0.717, 1.165) is 40.3 Å². The molecule has 43 heavy (non-hydrogen) atoms. The molecule has 3 N–H and O–H groups in total. The number of hydrogen-bond acceptors (Lipinski definition) is 7. The number of nitrogens with two attached hydrogens (primary N) is 1. The van der Waals surface area contributed by atoms with E-state index in [9.17, 15) is 14.7 Å². The number of allylic oxidation sites excluding steroid dienone is 1. The van der Waals surface area contributed by atoms with Crippen molar-refractivity contribution in [1.29, 1.82) is 0 Å². The molecule has 4 rings (SSSR count). The van der Waals surface area contributed by atoms with Crippen LogP contribution < -0.4 is 10.5 Å². The quantitative estimate of drug-likeness (QED) is 0.227. The van der Waals surface area contributed by atoms with E-state index < -0.39 is 12.0 Å². The van der Waals surface area contributed by atoms with Crippen LogP contribution in [-0.4, -0.2) is 45.1 Å². The number of benzene rings is 1. The summed E-state index contributed by atoms with van der Waals surface area (Å²) in [5.41, 5.74) is 8.03. The van der Waals surface area contributed by atoms with Gasteiger partial charge in [-0.1, -0.05) is 32.1 Å². The Morgan fingerprint density at radius 1 is 1.23 bits per heavy atom. The number of ether oxygens (including phenoxy) is 1. The third-order valence-electron chi connectivity index (χ3n) is 6.50. The first-order chi connectivity index (χ1) is 20.3. The van der Waals surface area contributed by atoms with Gasteiger partial charge < -0.3 is 24.9 Å². The monoisotopic (exact) mass is 607 g/mol. The number of aromatic nitrogens is 1. The van der Waals surface area contributed by atoms with Crippen LogP contribution in [0.1, 0.15) is 80.8 Å². The molecule has 0 saturated carbocycles. The summed E-state index contributed by atoms with van der Waals surface area (Å²) in [6.45, 7) is 12.9. The summed E-state index contributed by atoms with van der Waals surface area (Å²) in [7, 11) is 0. The number of hydrogen-bond donors (Lipinski definition) is 2. The normalized spacial score (nSPS) is 15.1. The minimum atomic E-state index is -1.01. The number of oxazole rings is 1. The Hall–Kier alpha value is -3.69. The van der Waals surface area contributed by atoms with Crippen molar-refractivity contribution in [1.82, 2.24) is 9.88 Å². The van der Waals surface area contributed by atoms with Gasteiger partial charge in [0.25, 0.3) is 0 Å². The first kappa shape index (κ1) is 33.8. The molecule has 1 amide bonds. The molecule has 0 fully saturated rings. The summed E-state index contributed by atoms with van der Waals surface area (Å²) < 4.78 is 11.8. The topological polar surface area (TPSA) is 119 Å². The average Bonchev–Trinajstić information content (AvgIpc) is 3.57. The largest absolute Gasteiger partial charge is 0.493 e. The maximum absolute atomic E-state index is 12.9. The van der Waals surface area contributed by atoms with Gasteiger partial charge in [-0.05, 0) is 93.3 Å². The SMILES string of the molecule is CC(C)(C)N.Cc1oc(/C=C/CCC(C)C)nc1CCOc1ccc2c(c1)CN(C(=O)/C=C/c1cccs1)[C@H](C(=O)O)C2. The maximum atomic E-state index is 12.9. The minimum Gasteiger partial charge on any atom is -0.493 e. The molecule has 1 aliphatic rings. The standard InChI is InChI=1S/C30H34N2O5S.C4H11N/c1-20(2)7-4-5-9-28-31-26(21(3)37-28)14-15-36-24-11-10-22-18-27(30(34)35)32(19-23(22)17-24)29(33)13-12-25-8-6-16-38-25;1-4(2,3)5/h5-6,8-13,16-17,20,27H,4,7,14-15,18-19H2,1-3H3,(H,34,35);5H2,1-3H3/b9-5+,13-12+;/t27-;/m0./s1. The number of aryl methyl sites for hydroxylation is 1. The van der Waals surface area contributed by atoms with E-state index in [4.69, 9.17) is 14.9 Å². The van der Waals surface area contributed by atoms with Gasteiger partial charge in [-0.3, -0.25) is 4.79 Å². The first-order valence-corrected chi connectivity index (χ1v) is 15.6. The van der Waals surface area contributed by atoms with E-state index in [1.54, 1.807) is 6.08 Å². The van der Waals surface area contributed by atoms with Crippen LogP contribution in [0, 0.1) is 12.8 Å². The number of carbonyl (C=O) groups excluding carboxylic acids is 1. The second kappa shape index (κ2) is 15.7. The van der Waals surface area contributed by atoms with Gasteiger partial charge in [0.1, 0.15) is 17.6 Å². The fourth-order valence-corrected chi connectivity index (χ4v) is 4.99. The minimum absolute atomic E-state index is 0. The van der Waals surface area contributed by atoms with Crippen molar-refractivity contribution in [3.05, 3.63) is 81.2 Å². The molecule has 9 heteroatoms. The van der Waals surface area contributed by atoms with Gasteiger partial charge in [-0.15, -0.1) is 11.3 Å². The van der Waals surface area contributed by atoms with Crippen LogP contribution in [0.15, 0.2) is 52.3 Å². The van der Waals surface area contributed by atoms with Crippen LogP contribution in [-0.2, 0) is 29.0 Å². The zero-order valence-electron chi connectivity index (χ0n) is 26.1. The molecule has 1 aliphatic heterocycles. The molecule has 0 bridgehead atoms. The van der Waals surface area contributed by atoms with Crippen molar-refractivity contribution in [3.63, 3.8) is 0 Å². The van der Waals surface area contributed by atoms with Crippen molar-refractivity contribution in [3.8, 4) is 5.75 Å². The van der Waals surface area contributed by atoms with Crippen LogP contribution in [0.2, 0.25) is 0 Å². The Balaban J connectivity index is 0.000000934. The lowest BCUT2D eigenvalue weighted by atomic mass is 9.93. The Labute approximate surface area is 259 Å². The maximum Gasteiger partial charge on any atom is 0.326 e. The van der Waals surface area contributed by atoms with Gasteiger partial charge in [-0.25, -0.2) is 9.78 Å². The fourth-order valence-electron chi connectivity index (χ4n) is 4.37. The molecule has 3 aromatic rings. The molecular weight excluding hydrogens is 562 g/mol. The number of nitrogens with zero attached hydrogens (tertiary/aromatic N) is 2. The van der Waals surface area contributed by atoms with Gasteiger partial charge in [-0.2, -0.15) is 0 Å². The highest BCUT2D eigenvalue weighted by molar-refractivity contribution is 7.10. The van der Waals surface area contributed by atoms with Crippen molar-refractivity contribution in [2.24, 2.45) is 11.7 Å². The molecular formula is C34H45N3O5S. The highest BCUT2D eigenvalue weighted by atomic mass is 32.1. The molecule has 232 valence electrons. The second-order valence-electron chi connectivity index (χ2n) is 12.2.